The van der Waals surface area contributed by atoms with E-state index in [1.807, 2.05) is 31.2 Å². The summed E-state index contributed by atoms with van der Waals surface area (Å²) in [6.45, 7) is 1.97. The maximum atomic E-state index is 13.4. The second-order valence-electron chi connectivity index (χ2n) is 7.12. The van der Waals surface area contributed by atoms with E-state index < -0.39 is 11.8 Å². The number of hydrogen-bond acceptors (Lipinski definition) is 5. The second-order valence-corrected chi connectivity index (χ2v) is 7.12. The van der Waals surface area contributed by atoms with E-state index in [1.165, 1.54) is 4.90 Å². The lowest BCUT2D eigenvalue weighted by molar-refractivity contribution is -0.120. The summed E-state index contributed by atoms with van der Waals surface area (Å²) in [4.78, 5) is 28.0. The van der Waals surface area contributed by atoms with Crippen LogP contribution in [0.15, 0.2) is 78.5 Å². The lowest BCUT2D eigenvalue weighted by Gasteiger charge is -2.16. The number of anilines is 2. The fraction of sp³-hybridized carbons (Fsp3) is 0.120. The van der Waals surface area contributed by atoms with Gasteiger partial charge >= 0.3 is 0 Å². The molecule has 0 atom stereocenters. The van der Waals surface area contributed by atoms with Crippen molar-refractivity contribution in [3.63, 3.8) is 0 Å². The van der Waals surface area contributed by atoms with Gasteiger partial charge in [-0.25, -0.2) is 4.90 Å². The number of hydrogen-bond donors (Lipinski definition) is 1. The minimum Gasteiger partial charge on any atom is -0.497 e. The van der Waals surface area contributed by atoms with E-state index in [4.69, 9.17) is 9.47 Å². The van der Waals surface area contributed by atoms with Crippen LogP contribution in [0.2, 0.25) is 0 Å². The van der Waals surface area contributed by atoms with Crippen LogP contribution >= 0.6 is 0 Å². The highest BCUT2D eigenvalue weighted by atomic mass is 16.5. The summed E-state index contributed by atoms with van der Waals surface area (Å²) in [5.41, 5.74) is 3.42. The Hall–Kier alpha value is -4.06. The Morgan fingerprint density at radius 3 is 1.97 bits per heavy atom. The van der Waals surface area contributed by atoms with Gasteiger partial charge in [-0.15, -0.1) is 0 Å². The summed E-state index contributed by atoms with van der Waals surface area (Å²) in [5, 5.41) is 3.17. The van der Waals surface area contributed by atoms with Crippen LogP contribution < -0.4 is 19.7 Å². The zero-order chi connectivity index (χ0) is 22.0. The summed E-state index contributed by atoms with van der Waals surface area (Å²) < 4.78 is 10.4. The van der Waals surface area contributed by atoms with E-state index in [0.717, 1.165) is 11.3 Å². The van der Waals surface area contributed by atoms with Gasteiger partial charge in [0.1, 0.15) is 17.2 Å². The molecule has 0 saturated carbocycles. The standard InChI is InChI=1S/C25H22N2O4/c1-16-5-4-6-18(15-16)26-23-22(17-7-11-20(30-2)12-8-17)24(28)27(25(23)29)19-9-13-21(31-3)14-10-19/h4-15,26H,1-3H3. The van der Waals surface area contributed by atoms with E-state index in [-0.39, 0.29) is 5.70 Å². The SMILES string of the molecule is COc1ccc(C2=C(Nc3cccc(C)c3)C(=O)N(c3ccc(OC)cc3)C2=O)cc1. The summed E-state index contributed by atoms with van der Waals surface area (Å²) >= 11 is 0. The van der Waals surface area contributed by atoms with Crippen LogP contribution in [0.25, 0.3) is 5.57 Å². The fourth-order valence-corrected chi connectivity index (χ4v) is 3.50. The minimum absolute atomic E-state index is 0.233. The molecule has 1 N–H and O–H groups in total. The average molecular weight is 414 g/mol. The molecule has 4 rings (SSSR count). The molecule has 1 heterocycles. The van der Waals surface area contributed by atoms with Gasteiger partial charge in [-0.2, -0.15) is 0 Å². The number of carbonyl (C=O) groups excluding carboxylic acids is 2. The van der Waals surface area contributed by atoms with E-state index in [1.54, 1.807) is 62.8 Å². The third-order valence-electron chi connectivity index (χ3n) is 5.08. The van der Waals surface area contributed by atoms with Crippen molar-refractivity contribution in [2.45, 2.75) is 6.92 Å². The Kier molecular flexibility index (Phi) is 5.45. The molecule has 0 unspecified atom stereocenters. The molecule has 1 aliphatic heterocycles. The first-order valence-corrected chi connectivity index (χ1v) is 9.77. The fourth-order valence-electron chi connectivity index (χ4n) is 3.50. The summed E-state index contributed by atoms with van der Waals surface area (Å²) in [6.07, 6.45) is 0. The molecule has 6 nitrogen and oxygen atoms in total. The monoisotopic (exact) mass is 414 g/mol. The van der Waals surface area contributed by atoms with Crippen molar-refractivity contribution in [3.8, 4) is 11.5 Å². The van der Waals surface area contributed by atoms with Crippen LogP contribution in [0.5, 0.6) is 11.5 Å². The summed E-state index contributed by atoms with van der Waals surface area (Å²) in [5.74, 6) is 0.503. The third-order valence-corrected chi connectivity index (χ3v) is 5.08. The van der Waals surface area contributed by atoms with E-state index in [9.17, 15) is 9.59 Å². The lowest BCUT2D eigenvalue weighted by atomic mass is 10.0. The second kappa shape index (κ2) is 8.36. The summed E-state index contributed by atoms with van der Waals surface area (Å²) in [6, 6.07) is 21.5. The van der Waals surface area contributed by atoms with Gasteiger partial charge in [0.15, 0.2) is 0 Å². The largest absolute Gasteiger partial charge is 0.497 e. The van der Waals surface area contributed by atoms with E-state index in [0.29, 0.717) is 28.3 Å². The molecule has 1 aliphatic rings. The molecular formula is C25H22N2O4. The number of nitrogens with zero attached hydrogens (tertiary/aromatic N) is 1. The van der Waals surface area contributed by atoms with Gasteiger partial charge in [-0.1, -0.05) is 24.3 Å². The van der Waals surface area contributed by atoms with Crippen LogP contribution in [-0.2, 0) is 9.59 Å². The number of amides is 2. The van der Waals surface area contributed by atoms with E-state index >= 15 is 0 Å². The van der Waals surface area contributed by atoms with Crippen molar-refractivity contribution in [2.24, 2.45) is 0 Å². The Labute approximate surface area is 180 Å². The van der Waals surface area contributed by atoms with Crippen molar-refractivity contribution < 1.29 is 19.1 Å². The van der Waals surface area contributed by atoms with Crippen molar-refractivity contribution in [3.05, 3.63) is 89.6 Å². The maximum Gasteiger partial charge on any atom is 0.282 e. The quantitative estimate of drug-likeness (QED) is 0.605. The lowest BCUT2D eigenvalue weighted by Crippen LogP contribution is -2.32. The van der Waals surface area contributed by atoms with Crippen molar-refractivity contribution in [2.75, 3.05) is 24.4 Å². The first-order valence-electron chi connectivity index (χ1n) is 9.77. The van der Waals surface area contributed by atoms with Crippen LogP contribution in [0.1, 0.15) is 11.1 Å². The molecule has 3 aromatic carbocycles. The van der Waals surface area contributed by atoms with Gasteiger partial charge in [0.2, 0.25) is 0 Å². The van der Waals surface area contributed by atoms with Gasteiger partial charge in [-0.3, -0.25) is 9.59 Å². The maximum absolute atomic E-state index is 13.4. The number of carbonyl (C=O) groups is 2. The number of imide groups is 1. The molecule has 31 heavy (non-hydrogen) atoms. The predicted molar refractivity (Wildman–Crippen MR) is 120 cm³/mol. The summed E-state index contributed by atoms with van der Waals surface area (Å²) in [7, 11) is 3.14. The van der Waals surface area contributed by atoms with Crippen LogP contribution in [0.4, 0.5) is 11.4 Å². The van der Waals surface area contributed by atoms with Crippen molar-refractivity contribution in [1.82, 2.24) is 0 Å². The number of rotatable bonds is 6. The highest BCUT2D eigenvalue weighted by molar-refractivity contribution is 6.46. The smallest absolute Gasteiger partial charge is 0.282 e. The zero-order valence-electron chi connectivity index (χ0n) is 17.5. The van der Waals surface area contributed by atoms with Gasteiger partial charge in [0.25, 0.3) is 11.8 Å². The Morgan fingerprint density at radius 1 is 0.774 bits per heavy atom. The first kappa shape index (κ1) is 20.2. The van der Waals surface area contributed by atoms with Crippen LogP contribution in [0.3, 0.4) is 0 Å². The molecule has 0 aromatic heterocycles. The molecule has 3 aromatic rings. The van der Waals surface area contributed by atoms with Crippen molar-refractivity contribution in [1.29, 1.82) is 0 Å². The predicted octanol–water partition coefficient (Wildman–Crippen LogP) is 4.41. The molecule has 0 fully saturated rings. The molecule has 2 amide bonds. The molecule has 0 spiro atoms. The number of nitrogens with one attached hydrogen (secondary N) is 1. The van der Waals surface area contributed by atoms with Gasteiger partial charge in [0.05, 0.1) is 25.5 Å². The van der Waals surface area contributed by atoms with Crippen LogP contribution in [0, 0.1) is 6.92 Å². The molecule has 0 radical (unpaired) electrons. The average Bonchev–Trinajstić information content (AvgIpc) is 3.03. The number of benzene rings is 3. The van der Waals surface area contributed by atoms with Gasteiger partial charge < -0.3 is 14.8 Å². The molecule has 0 saturated heterocycles. The minimum atomic E-state index is -0.414. The zero-order valence-corrected chi connectivity index (χ0v) is 17.5. The molecule has 6 heteroatoms. The molecule has 0 aliphatic carbocycles. The third kappa shape index (κ3) is 3.88. The Bertz CT molecular complexity index is 1160. The molecule has 156 valence electrons. The normalized spacial score (nSPS) is 13.6. The molecular weight excluding hydrogens is 392 g/mol. The van der Waals surface area contributed by atoms with Crippen LogP contribution in [-0.4, -0.2) is 26.0 Å². The van der Waals surface area contributed by atoms with Gasteiger partial charge in [-0.05, 0) is 66.6 Å². The van der Waals surface area contributed by atoms with Crippen molar-refractivity contribution >= 4 is 28.8 Å². The number of aryl methyl sites for hydroxylation is 1. The number of methoxy groups -OCH3 is 2. The Balaban J connectivity index is 1.79. The molecule has 0 bridgehead atoms. The number of ether oxygens (including phenoxy) is 2. The topological polar surface area (TPSA) is 67.9 Å². The first-order chi connectivity index (χ1) is 15.0. The van der Waals surface area contributed by atoms with E-state index in [2.05, 4.69) is 5.32 Å². The van der Waals surface area contributed by atoms with Gasteiger partial charge in [0, 0.05) is 5.69 Å². The highest BCUT2D eigenvalue weighted by Crippen LogP contribution is 2.35. The Morgan fingerprint density at radius 2 is 1.39 bits per heavy atom. The highest BCUT2D eigenvalue weighted by Gasteiger charge is 2.40.